The molecular weight excluding hydrogens is 227 g/mol. The number of carbonyl (C=O) groups excluding carboxylic acids is 1. The SMILES string of the molecule is CCC1CCCCC1C(=O)c1ccc(C)c(F)c1. The predicted octanol–water partition coefficient (Wildman–Crippen LogP) is 4.53. The smallest absolute Gasteiger partial charge is 0.166 e. The Labute approximate surface area is 108 Å². The second-order valence-corrected chi connectivity index (χ2v) is 5.39. The first kappa shape index (κ1) is 13.3. The Morgan fingerprint density at radius 3 is 2.72 bits per heavy atom. The van der Waals surface area contributed by atoms with Crippen molar-refractivity contribution in [1.82, 2.24) is 0 Å². The molecule has 1 fully saturated rings. The van der Waals surface area contributed by atoms with Crippen molar-refractivity contribution >= 4 is 5.78 Å². The summed E-state index contributed by atoms with van der Waals surface area (Å²) in [6, 6.07) is 4.87. The maximum Gasteiger partial charge on any atom is 0.166 e. The van der Waals surface area contributed by atoms with Crippen LogP contribution in [0.3, 0.4) is 0 Å². The van der Waals surface area contributed by atoms with Crippen LogP contribution in [0.15, 0.2) is 18.2 Å². The molecule has 1 aromatic rings. The van der Waals surface area contributed by atoms with Crippen LogP contribution in [-0.2, 0) is 0 Å². The van der Waals surface area contributed by atoms with E-state index >= 15 is 0 Å². The van der Waals surface area contributed by atoms with Crippen LogP contribution in [0, 0.1) is 24.6 Å². The molecule has 1 aliphatic carbocycles. The van der Waals surface area contributed by atoms with Crippen molar-refractivity contribution in [2.45, 2.75) is 46.0 Å². The average molecular weight is 248 g/mol. The topological polar surface area (TPSA) is 17.1 Å². The highest BCUT2D eigenvalue weighted by Gasteiger charge is 2.30. The number of ketones is 1. The first-order chi connectivity index (χ1) is 8.63. The molecule has 0 aromatic heterocycles. The van der Waals surface area contributed by atoms with Gasteiger partial charge in [-0.05, 0) is 37.3 Å². The molecular formula is C16H21FO. The highest BCUT2D eigenvalue weighted by molar-refractivity contribution is 5.98. The molecule has 1 aliphatic rings. The minimum Gasteiger partial charge on any atom is -0.294 e. The Balaban J connectivity index is 2.21. The Morgan fingerprint density at radius 1 is 1.33 bits per heavy atom. The number of benzene rings is 1. The summed E-state index contributed by atoms with van der Waals surface area (Å²) < 4.78 is 13.5. The van der Waals surface area contributed by atoms with Gasteiger partial charge in [-0.3, -0.25) is 4.79 Å². The monoisotopic (exact) mass is 248 g/mol. The Morgan fingerprint density at radius 2 is 2.06 bits per heavy atom. The van der Waals surface area contributed by atoms with Crippen LogP contribution >= 0.6 is 0 Å². The van der Waals surface area contributed by atoms with Crippen LogP contribution in [0.2, 0.25) is 0 Å². The van der Waals surface area contributed by atoms with E-state index in [-0.39, 0.29) is 17.5 Å². The zero-order valence-electron chi connectivity index (χ0n) is 11.2. The lowest BCUT2D eigenvalue weighted by molar-refractivity contribution is 0.0820. The molecule has 2 atom stereocenters. The molecule has 0 bridgehead atoms. The molecule has 1 aromatic carbocycles. The minimum absolute atomic E-state index is 0.103. The van der Waals surface area contributed by atoms with Gasteiger partial charge in [-0.1, -0.05) is 38.3 Å². The van der Waals surface area contributed by atoms with Gasteiger partial charge in [-0.15, -0.1) is 0 Å². The average Bonchev–Trinajstić information content (AvgIpc) is 2.41. The van der Waals surface area contributed by atoms with E-state index in [1.807, 2.05) is 0 Å². The number of hydrogen-bond donors (Lipinski definition) is 0. The molecule has 18 heavy (non-hydrogen) atoms. The lowest BCUT2D eigenvalue weighted by atomic mass is 9.74. The third-order valence-corrected chi connectivity index (χ3v) is 4.23. The summed E-state index contributed by atoms with van der Waals surface area (Å²) in [6.07, 6.45) is 5.50. The molecule has 1 nitrogen and oxygen atoms in total. The van der Waals surface area contributed by atoms with Gasteiger partial charge in [-0.2, -0.15) is 0 Å². The molecule has 98 valence electrons. The number of Topliss-reactive ketones (excluding diaryl/α,β-unsaturated/α-hetero) is 1. The van der Waals surface area contributed by atoms with E-state index in [0.717, 1.165) is 25.7 Å². The third kappa shape index (κ3) is 2.63. The first-order valence-electron chi connectivity index (χ1n) is 6.94. The largest absolute Gasteiger partial charge is 0.294 e. The van der Waals surface area contributed by atoms with Crippen molar-refractivity contribution in [2.75, 3.05) is 0 Å². The standard InChI is InChI=1S/C16H21FO/c1-3-12-6-4-5-7-14(12)16(18)13-9-8-11(2)15(17)10-13/h8-10,12,14H,3-7H2,1-2H3. The molecule has 0 heterocycles. The van der Waals surface area contributed by atoms with Crippen molar-refractivity contribution in [3.05, 3.63) is 35.1 Å². The summed E-state index contributed by atoms with van der Waals surface area (Å²) in [5.74, 6) is 0.451. The van der Waals surface area contributed by atoms with E-state index in [1.165, 1.54) is 12.5 Å². The summed E-state index contributed by atoms with van der Waals surface area (Å²) in [5.41, 5.74) is 1.14. The summed E-state index contributed by atoms with van der Waals surface area (Å²) in [4.78, 5) is 12.5. The number of rotatable bonds is 3. The fourth-order valence-corrected chi connectivity index (χ4v) is 3.00. The van der Waals surface area contributed by atoms with Crippen molar-refractivity contribution in [1.29, 1.82) is 0 Å². The van der Waals surface area contributed by atoms with E-state index in [4.69, 9.17) is 0 Å². The second-order valence-electron chi connectivity index (χ2n) is 5.39. The van der Waals surface area contributed by atoms with E-state index in [0.29, 0.717) is 17.0 Å². The molecule has 0 spiro atoms. The Bertz CT molecular complexity index is 439. The van der Waals surface area contributed by atoms with Crippen LogP contribution in [0.4, 0.5) is 4.39 Å². The van der Waals surface area contributed by atoms with Crippen molar-refractivity contribution in [3.8, 4) is 0 Å². The second kappa shape index (κ2) is 5.64. The van der Waals surface area contributed by atoms with E-state index < -0.39 is 0 Å². The van der Waals surface area contributed by atoms with Gasteiger partial charge in [0.05, 0.1) is 0 Å². The van der Waals surface area contributed by atoms with Crippen LogP contribution in [0.1, 0.15) is 54.9 Å². The Hall–Kier alpha value is -1.18. The van der Waals surface area contributed by atoms with Crippen LogP contribution in [0.25, 0.3) is 0 Å². The van der Waals surface area contributed by atoms with Gasteiger partial charge in [0.2, 0.25) is 0 Å². The quantitative estimate of drug-likeness (QED) is 0.718. The summed E-state index contributed by atoms with van der Waals surface area (Å²) in [5, 5.41) is 0. The molecule has 2 rings (SSSR count). The number of carbonyl (C=O) groups is 1. The molecule has 0 saturated heterocycles. The zero-order chi connectivity index (χ0) is 13.1. The van der Waals surface area contributed by atoms with Crippen LogP contribution in [0.5, 0.6) is 0 Å². The maximum atomic E-state index is 13.5. The number of halogens is 1. The molecule has 1 saturated carbocycles. The molecule has 0 N–H and O–H groups in total. The summed E-state index contributed by atoms with van der Waals surface area (Å²) >= 11 is 0. The fraction of sp³-hybridized carbons (Fsp3) is 0.562. The normalized spacial score (nSPS) is 23.9. The van der Waals surface area contributed by atoms with Gasteiger partial charge in [0, 0.05) is 11.5 Å². The van der Waals surface area contributed by atoms with Crippen molar-refractivity contribution in [3.63, 3.8) is 0 Å². The van der Waals surface area contributed by atoms with Gasteiger partial charge in [-0.25, -0.2) is 4.39 Å². The zero-order valence-corrected chi connectivity index (χ0v) is 11.2. The first-order valence-corrected chi connectivity index (χ1v) is 6.94. The van der Waals surface area contributed by atoms with E-state index in [1.54, 1.807) is 19.1 Å². The molecule has 2 heteroatoms. The molecule has 0 radical (unpaired) electrons. The third-order valence-electron chi connectivity index (χ3n) is 4.23. The highest BCUT2D eigenvalue weighted by Crippen LogP contribution is 2.34. The van der Waals surface area contributed by atoms with Gasteiger partial charge < -0.3 is 0 Å². The van der Waals surface area contributed by atoms with Crippen LogP contribution in [-0.4, -0.2) is 5.78 Å². The van der Waals surface area contributed by atoms with Gasteiger partial charge >= 0.3 is 0 Å². The van der Waals surface area contributed by atoms with Crippen molar-refractivity contribution < 1.29 is 9.18 Å². The predicted molar refractivity (Wildman–Crippen MR) is 71.2 cm³/mol. The summed E-state index contributed by atoms with van der Waals surface area (Å²) in [7, 11) is 0. The number of aryl methyl sites for hydroxylation is 1. The fourth-order valence-electron chi connectivity index (χ4n) is 3.00. The molecule has 0 aliphatic heterocycles. The molecule has 0 amide bonds. The van der Waals surface area contributed by atoms with Gasteiger partial charge in [0.25, 0.3) is 0 Å². The highest BCUT2D eigenvalue weighted by atomic mass is 19.1. The Kier molecular flexibility index (Phi) is 4.15. The minimum atomic E-state index is -0.273. The lowest BCUT2D eigenvalue weighted by Gasteiger charge is -2.29. The summed E-state index contributed by atoms with van der Waals surface area (Å²) in [6.45, 7) is 3.87. The van der Waals surface area contributed by atoms with Crippen LogP contribution < -0.4 is 0 Å². The van der Waals surface area contributed by atoms with E-state index in [2.05, 4.69) is 6.92 Å². The van der Waals surface area contributed by atoms with Gasteiger partial charge in [0.15, 0.2) is 5.78 Å². The van der Waals surface area contributed by atoms with E-state index in [9.17, 15) is 9.18 Å². The number of hydrogen-bond acceptors (Lipinski definition) is 1. The van der Waals surface area contributed by atoms with Crippen molar-refractivity contribution in [2.24, 2.45) is 11.8 Å². The lowest BCUT2D eigenvalue weighted by Crippen LogP contribution is -2.27. The van der Waals surface area contributed by atoms with Gasteiger partial charge in [0.1, 0.15) is 5.82 Å². The molecule has 2 unspecified atom stereocenters. The maximum absolute atomic E-state index is 13.5.